The maximum absolute atomic E-state index is 5.65. The Bertz CT molecular complexity index is 363. The summed E-state index contributed by atoms with van der Waals surface area (Å²) in [6, 6.07) is 0. The number of aromatic nitrogens is 3. The third-order valence-electron chi connectivity index (χ3n) is 3.36. The van der Waals surface area contributed by atoms with Crippen LogP contribution in [0, 0.1) is 5.92 Å². The number of ether oxygens (including phenoxy) is 1. The summed E-state index contributed by atoms with van der Waals surface area (Å²) in [7, 11) is 0. The van der Waals surface area contributed by atoms with Gasteiger partial charge in [-0.1, -0.05) is 32.9 Å². The molecule has 1 heterocycles. The second-order valence-corrected chi connectivity index (χ2v) is 5.64. The lowest BCUT2D eigenvalue weighted by Crippen LogP contribution is -2.27. The predicted octanol–water partition coefficient (Wildman–Crippen LogP) is 1.38. The highest BCUT2D eigenvalue weighted by Crippen LogP contribution is 1.95. The van der Waals surface area contributed by atoms with Gasteiger partial charge in [-0.25, -0.2) is 4.68 Å². The normalized spacial score (nSPS) is 11.7. The van der Waals surface area contributed by atoms with Gasteiger partial charge in [0, 0.05) is 19.3 Å². The van der Waals surface area contributed by atoms with Crippen molar-refractivity contribution in [3.63, 3.8) is 0 Å². The third-order valence-corrected chi connectivity index (χ3v) is 3.36. The van der Waals surface area contributed by atoms with Crippen molar-refractivity contribution in [1.82, 2.24) is 25.2 Å². The van der Waals surface area contributed by atoms with Crippen LogP contribution in [0.2, 0.25) is 0 Å². The number of hydrogen-bond donors (Lipinski definition) is 1. The molecular weight excluding hydrogens is 266 g/mol. The van der Waals surface area contributed by atoms with Crippen LogP contribution in [0.1, 0.15) is 33.4 Å². The fourth-order valence-electron chi connectivity index (χ4n) is 2.01. The minimum absolute atomic E-state index is 0.652. The zero-order chi connectivity index (χ0) is 15.5. The lowest BCUT2D eigenvalue weighted by molar-refractivity contribution is 0.0988. The van der Waals surface area contributed by atoms with Gasteiger partial charge in [0.25, 0.3) is 0 Å². The summed E-state index contributed by atoms with van der Waals surface area (Å²) in [5.74, 6) is 0.652. The SMILES string of the molecule is CCN(CC)CCOCCn1cc(CNCC(C)C)nn1. The number of nitrogens with zero attached hydrogens (tertiary/aromatic N) is 4. The van der Waals surface area contributed by atoms with E-state index < -0.39 is 0 Å². The Kier molecular flexibility index (Phi) is 9.21. The molecule has 0 aliphatic heterocycles. The van der Waals surface area contributed by atoms with Gasteiger partial charge in [-0.05, 0) is 25.6 Å². The van der Waals surface area contributed by atoms with Gasteiger partial charge < -0.3 is 15.0 Å². The summed E-state index contributed by atoms with van der Waals surface area (Å²) in [6.07, 6.45) is 1.99. The largest absolute Gasteiger partial charge is 0.378 e. The Morgan fingerprint density at radius 3 is 2.71 bits per heavy atom. The number of nitrogens with one attached hydrogen (secondary N) is 1. The lowest BCUT2D eigenvalue weighted by Gasteiger charge is -2.17. The van der Waals surface area contributed by atoms with E-state index in [0.717, 1.165) is 51.6 Å². The van der Waals surface area contributed by atoms with Crippen LogP contribution >= 0.6 is 0 Å². The average molecular weight is 297 g/mol. The van der Waals surface area contributed by atoms with Crippen molar-refractivity contribution in [2.45, 2.75) is 40.8 Å². The van der Waals surface area contributed by atoms with Gasteiger partial charge in [-0.2, -0.15) is 0 Å². The molecule has 0 amide bonds. The zero-order valence-electron chi connectivity index (χ0n) is 14.0. The molecule has 6 heteroatoms. The van der Waals surface area contributed by atoms with Gasteiger partial charge in [-0.15, -0.1) is 5.10 Å². The molecule has 0 saturated carbocycles. The molecule has 6 nitrogen and oxygen atoms in total. The van der Waals surface area contributed by atoms with Crippen LogP contribution in [0.5, 0.6) is 0 Å². The Hall–Kier alpha value is -0.980. The van der Waals surface area contributed by atoms with E-state index in [1.807, 2.05) is 10.9 Å². The van der Waals surface area contributed by atoms with Crippen LogP contribution in [-0.2, 0) is 17.8 Å². The highest BCUT2D eigenvalue weighted by Gasteiger charge is 2.02. The Morgan fingerprint density at radius 1 is 1.29 bits per heavy atom. The Labute approximate surface area is 128 Å². The fraction of sp³-hybridized carbons (Fsp3) is 0.867. The number of rotatable bonds is 12. The molecule has 122 valence electrons. The van der Waals surface area contributed by atoms with Crippen LogP contribution in [0.15, 0.2) is 6.20 Å². The summed E-state index contributed by atoms with van der Waals surface area (Å²) >= 11 is 0. The third kappa shape index (κ3) is 8.14. The zero-order valence-corrected chi connectivity index (χ0v) is 14.0. The molecule has 0 aromatic carbocycles. The van der Waals surface area contributed by atoms with Crippen molar-refractivity contribution in [3.05, 3.63) is 11.9 Å². The molecule has 1 rings (SSSR count). The molecular formula is C15H31N5O. The van der Waals surface area contributed by atoms with Crippen LogP contribution in [0.3, 0.4) is 0 Å². The molecule has 0 fully saturated rings. The van der Waals surface area contributed by atoms with E-state index in [9.17, 15) is 0 Å². The Balaban J connectivity index is 2.11. The summed E-state index contributed by atoms with van der Waals surface area (Å²) in [4.78, 5) is 2.36. The summed E-state index contributed by atoms with van der Waals surface area (Å²) < 4.78 is 7.50. The van der Waals surface area contributed by atoms with Gasteiger partial charge in [-0.3, -0.25) is 0 Å². The molecule has 0 aliphatic carbocycles. The van der Waals surface area contributed by atoms with E-state index in [1.54, 1.807) is 0 Å². The van der Waals surface area contributed by atoms with Crippen molar-refractivity contribution in [2.24, 2.45) is 5.92 Å². The second-order valence-electron chi connectivity index (χ2n) is 5.64. The van der Waals surface area contributed by atoms with E-state index in [1.165, 1.54) is 0 Å². The lowest BCUT2D eigenvalue weighted by atomic mass is 10.2. The van der Waals surface area contributed by atoms with Crippen LogP contribution in [-0.4, -0.2) is 59.3 Å². The van der Waals surface area contributed by atoms with Gasteiger partial charge in [0.05, 0.1) is 25.5 Å². The van der Waals surface area contributed by atoms with E-state index in [0.29, 0.717) is 12.5 Å². The quantitative estimate of drug-likeness (QED) is 0.591. The molecule has 1 aromatic rings. The van der Waals surface area contributed by atoms with Gasteiger partial charge in [0.1, 0.15) is 0 Å². The van der Waals surface area contributed by atoms with Gasteiger partial charge in [0.15, 0.2) is 0 Å². The first-order valence-electron chi connectivity index (χ1n) is 8.05. The van der Waals surface area contributed by atoms with Crippen molar-refractivity contribution >= 4 is 0 Å². The Morgan fingerprint density at radius 2 is 2.05 bits per heavy atom. The monoisotopic (exact) mass is 297 g/mol. The smallest absolute Gasteiger partial charge is 0.0964 e. The molecule has 1 N–H and O–H groups in total. The minimum atomic E-state index is 0.652. The van der Waals surface area contributed by atoms with E-state index in [4.69, 9.17) is 4.74 Å². The number of hydrogen-bond acceptors (Lipinski definition) is 5. The highest BCUT2D eigenvalue weighted by atomic mass is 16.5. The number of likely N-dealkylation sites (N-methyl/N-ethyl adjacent to an activating group) is 1. The van der Waals surface area contributed by atoms with E-state index in [-0.39, 0.29) is 0 Å². The van der Waals surface area contributed by atoms with Crippen LogP contribution < -0.4 is 5.32 Å². The van der Waals surface area contributed by atoms with E-state index in [2.05, 4.69) is 48.2 Å². The summed E-state index contributed by atoms with van der Waals surface area (Å²) in [6.45, 7) is 15.9. The predicted molar refractivity (Wildman–Crippen MR) is 85.2 cm³/mol. The van der Waals surface area contributed by atoms with Crippen molar-refractivity contribution in [3.8, 4) is 0 Å². The highest BCUT2D eigenvalue weighted by molar-refractivity contribution is 4.91. The van der Waals surface area contributed by atoms with Crippen molar-refractivity contribution in [2.75, 3.05) is 39.4 Å². The molecule has 0 radical (unpaired) electrons. The molecule has 21 heavy (non-hydrogen) atoms. The topological polar surface area (TPSA) is 55.2 Å². The molecule has 0 bridgehead atoms. The average Bonchev–Trinajstić information content (AvgIpc) is 2.90. The first-order chi connectivity index (χ1) is 10.2. The van der Waals surface area contributed by atoms with Crippen LogP contribution in [0.4, 0.5) is 0 Å². The maximum atomic E-state index is 5.65. The molecule has 0 spiro atoms. The minimum Gasteiger partial charge on any atom is -0.378 e. The molecule has 1 aromatic heterocycles. The van der Waals surface area contributed by atoms with Gasteiger partial charge >= 0.3 is 0 Å². The second kappa shape index (κ2) is 10.7. The maximum Gasteiger partial charge on any atom is 0.0964 e. The van der Waals surface area contributed by atoms with E-state index >= 15 is 0 Å². The molecule has 0 saturated heterocycles. The van der Waals surface area contributed by atoms with Crippen molar-refractivity contribution < 1.29 is 4.74 Å². The standard InChI is InChI=1S/C15H31N5O/c1-5-19(6-2)7-9-21-10-8-20-13-15(17-18-20)12-16-11-14(3)4/h13-14,16H,5-12H2,1-4H3. The first-order valence-corrected chi connectivity index (χ1v) is 8.05. The summed E-state index contributed by atoms with van der Waals surface area (Å²) in [5.41, 5.74) is 0.985. The van der Waals surface area contributed by atoms with Gasteiger partial charge in [0.2, 0.25) is 0 Å². The summed E-state index contributed by atoms with van der Waals surface area (Å²) in [5, 5.41) is 11.6. The molecule has 0 unspecified atom stereocenters. The molecule has 0 atom stereocenters. The van der Waals surface area contributed by atoms with Crippen LogP contribution in [0.25, 0.3) is 0 Å². The first kappa shape index (κ1) is 18.1. The van der Waals surface area contributed by atoms with Crippen molar-refractivity contribution in [1.29, 1.82) is 0 Å². The molecule has 0 aliphatic rings. The fourth-order valence-corrected chi connectivity index (χ4v) is 2.01.